The quantitative estimate of drug-likeness (QED) is 0.314. The van der Waals surface area contributed by atoms with Crippen LogP contribution in [-0.4, -0.2) is 28.9 Å². The van der Waals surface area contributed by atoms with Crippen molar-refractivity contribution in [3.8, 4) is 0 Å². The summed E-state index contributed by atoms with van der Waals surface area (Å²) in [7, 11) is 0. The van der Waals surface area contributed by atoms with Gasteiger partial charge in [0.2, 0.25) is 0 Å². The van der Waals surface area contributed by atoms with Crippen molar-refractivity contribution in [1.82, 2.24) is 10.4 Å². The van der Waals surface area contributed by atoms with Crippen molar-refractivity contribution >= 4 is 23.5 Å². The van der Waals surface area contributed by atoms with Gasteiger partial charge in [0.1, 0.15) is 11.9 Å². The van der Waals surface area contributed by atoms with E-state index in [0.29, 0.717) is 12.2 Å². The predicted molar refractivity (Wildman–Crippen MR) is 69.6 cm³/mol. The van der Waals surface area contributed by atoms with Crippen LogP contribution in [0.1, 0.15) is 12.8 Å². The molecule has 1 aromatic heterocycles. The summed E-state index contributed by atoms with van der Waals surface area (Å²) < 4.78 is 5.60. The molecule has 0 bridgehead atoms. The van der Waals surface area contributed by atoms with Crippen LogP contribution >= 0.6 is 11.8 Å². The maximum Gasteiger partial charge on any atom is 0.263 e. The molecule has 2 unspecified atom stereocenters. The third-order valence-corrected chi connectivity index (χ3v) is 3.85. The van der Waals surface area contributed by atoms with E-state index in [1.165, 1.54) is 0 Å². The molecule has 0 spiro atoms. The van der Waals surface area contributed by atoms with E-state index < -0.39 is 6.10 Å². The van der Waals surface area contributed by atoms with Gasteiger partial charge in [-0.05, 0) is 25.0 Å². The highest BCUT2D eigenvalue weighted by Gasteiger charge is 2.30. The Morgan fingerprint density at radius 1 is 1.56 bits per heavy atom. The number of thioether (sulfide) groups is 1. The minimum Gasteiger partial charge on any atom is -0.384 e. The van der Waals surface area contributed by atoms with E-state index in [0.717, 1.165) is 17.1 Å². The Kier molecular flexibility index (Phi) is 4.40. The molecular formula is C11H16N4O2S. The molecule has 1 amide bonds. The maximum absolute atomic E-state index is 11.3. The standard InChI is InChI=1S/C11H16N4O2S/c12-10-4-2-8(5-14-10)18-6-7-1-3-9(17-7)11(16)15-13/h2,4-5,7,9H,1,3,6,13H2,(H2,12,14)(H,15,16). The van der Waals surface area contributed by atoms with Crippen molar-refractivity contribution in [1.29, 1.82) is 0 Å². The smallest absolute Gasteiger partial charge is 0.263 e. The van der Waals surface area contributed by atoms with Gasteiger partial charge < -0.3 is 10.5 Å². The summed E-state index contributed by atoms with van der Waals surface area (Å²) in [6.07, 6.45) is 2.99. The van der Waals surface area contributed by atoms with Gasteiger partial charge in [-0.2, -0.15) is 0 Å². The Bertz CT molecular complexity index is 412. The molecule has 98 valence electrons. The van der Waals surface area contributed by atoms with Gasteiger partial charge in [-0.15, -0.1) is 11.8 Å². The van der Waals surface area contributed by atoms with E-state index in [2.05, 4.69) is 10.4 Å². The highest BCUT2D eigenvalue weighted by Crippen LogP contribution is 2.26. The van der Waals surface area contributed by atoms with Gasteiger partial charge in [-0.1, -0.05) is 0 Å². The lowest BCUT2D eigenvalue weighted by Crippen LogP contribution is -2.39. The van der Waals surface area contributed by atoms with Crippen molar-refractivity contribution in [2.45, 2.75) is 29.9 Å². The summed E-state index contributed by atoms with van der Waals surface area (Å²) in [6, 6.07) is 3.69. The first kappa shape index (κ1) is 13.1. The number of nitrogens with two attached hydrogens (primary N) is 2. The van der Waals surface area contributed by atoms with Crippen LogP contribution in [0, 0.1) is 0 Å². The second-order valence-electron chi connectivity index (χ2n) is 4.06. The van der Waals surface area contributed by atoms with Crippen LogP contribution in [0.25, 0.3) is 0 Å². The first-order valence-electron chi connectivity index (χ1n) is 5.69. The molecule has 1 aliphatic rings. The van der Waals surface area contributed by atoms with E-state index in [9.17, 15) is 4.79 Å². The lowest BCUT2D eigenvalue weighted by molar-refractivity contribution is -0.131. The van der Waals surface area contributed by atoms with Crippen molar-refractivity contribution in [3.63, 3.8) is 0 Å². The Hall–Kier alpha value is -1.31. The van der Waals surface area contributed by atoms with Crippen LogP contribution in [0.4, 0.5) is 5.82 Å². The van der Waals surface area contributed by atoms with Gasteiger partial charge in [0, 0.05) is 16.8 Å². The highest BCUT2D eigenvalue weighted by molar-refractivity contribution is 7.99. The number of nitrogens with zero attached hydrogens (tertiary/aromatic N) is 1. The highest BCUT2D eigenvalue weighted by atomic mass is 32.2. The van der Waals surface area contributed by atoms with Crippen molar-refractivity contribution in [2.75, 3.05) is 11.5 Å². The molecule has 2 rings (SSSR count). The van der Waals surface area contributed by atoms with Crippen LogP contribution in [0.15, 0.2) is 23.2 Å². The van der Waals surface area contributed by atoms with Gasteiger partial charge in [0.05, 0.1) is 6.10 Å². The number of hydrogen-bond acceptors (Lipinski definition) is 6. The second-order valence-corrected chi connectivity index (χ2v) is 5.16. The Balaban J connectivity index is 1.78. The van der Waals surface area contributed by atoms with Gasteiger partial charge in [0.15, 0.2) is 0 Å². The zero-order valence-corrected chi connectivity index (χ0v) is 10.7. The number of ether oxygens (including phenoxy) is 1. The van der Waals surface area contributed by atoms with Crippen LogP contribution in [0.3, 0.4) is 0 Å². The van der Waals surface area contributed by atoms with Crippen LogP contribution < -0.4 is 17.0 Å². The Labute approximate surface area is 109 Å². The number of nitrogen functional groups attached to an aromatic ring is 1. The third-order valence-electron chi connectivity index (χ3n) is 2.74. The monoisotopic (exact) mass is 268 g/mol. The molecular weight excluding hydrogens is 252 g/mol. The molecule has 1 fully saturated rings. The minimum atomic E-state index is -0.412. The molecule has 1 aromatic rings. The summed E-state index contributed by atoms with van der Waals surface area (Å²) in [5, 5.41) is 0. The number of rotatable bonds is 4. The molecule has 2 heterocycles. The fourth-order valence-electron chi connectivity index (χ4n) is 1.78. The lowest BCUT2D eigenvalue weighted by atomic mass is 10.2. The number of pyridine rings is 1. The lowest BCUT2D eigenvalue weighted by Gasteiger charge is -2.12. The van der Waals surface area contributed by atoms with Gasteiger partial charge >= 0.3 is 0 Å². The zero-order chi connectivity index (χ0) is 13.0. The molecule has 1 saturated heterocycles. The van der Waals surface area contributed by atoms with E-state index in [4.69, 9.17) is 16.3 Å². The molecule has 0 saturated carbocycles. The summed E-state index contributed by atoms with van der Waals surface area (Å²) in [6.45, 7) is 0. The summed E-state index contributed by atoms with van der Waals surface area (Å²) in [4.78, 5) is 16.3. The number of hydrogen-bond donors (Lipinski definition) is 3. The van der Waals surface area contributed by atoms with E-state index in [1.807, 2.05) is 6.07 Å². The van der Waals surface area contributed by atoms with Crippen molar-refractivity contribution < 1.29 is 9.53 Å². The molecule has 6 nitrogen and oxygen atoms in total. The first-order valence-corrected chi connectivity index (χ1v) is 6.68. The molecule has 5 N–H and O–H groups in total. The predicted octanol–water partition coefficient (Wildman–Crippen LogP) is 0.293. The normalized spacial score (nSPS) is 22.9. The minimum absolute atomic E-state index is 0.0786. The second kappa shape index (κ2) is 6.03. The topological polar surface area (TPSA) is 103 Å². The SMILES string of the molecule is NNC(=O)C1CCC(CSc2ccc(N)nc2)O1. The van der Waals surface area contributed by atoms with E-state index >= 15 is 0 Å². The van der Waals surface area contributed by atoms with Crippen molar-refractivity contribution in [3.05, 3.63) is 18.3 Å². The first-order chi connectivity index (χ1) is 8.69. The van der Waals surface area contributed by atoms with Gasteiger partial charge in [0.25, 0.3) is 5.91 Å². The number of hydrazine groups is 1. The average Bonchev–Trinajstić information content (AvgIpc) is 2.86. The van der Waals surface area contributed by atoms with E-state index in [1.54, 1.807) is 24.0 Å². The van der Waals surface area contributed by atoms with Gasteiger partial charge in [-0.25, -0.2) is 10.8 Å². The number of anilines is 1. The molecule has 2 atom stereocenters. The molecule has 18 heavy (non-hydrogen) atoms. The molecule has 7 heteroatoms. The maximum atomic E-state index is 11.3. The zero-order valence-electron chi connectivity index (χ0n) is 9.83. The number of carbonyl (C=O) groups excluding carboxylic acids is 1. The summed E-state index contributed by atoms with van der Waals surface area (Å²) >= 11 is 1.64. The summed E-state index contributed by atoms with van der Waals surface area (Å²) in [5.74, 6) is 6.12. The number of amides is 1. The van der Waals surface area contributed by atoms with Crippen LogP contribution in [-0.2, 0) is 9.53 Å². The number of aromatic nitrogens is 1. The summed E-state index contributed by atoms with van der Waals surface area (Å²) in [5.41, 5.74) is 7.62. The molecule has 0 radical (unpaired) electrons. The number of nitrogens with one attached hydrogen (secondary N) is 1. The van der Waals surface area contributed by atoms with Gasteiger partial charge in [-0.3, -0.25) is 10.2 Å². The third kappa shape index (κ3) is 3.34. The van der Waals surface area contributed by atoms with Crippen LogP contribution in [0.5, 0.6) is 0 Å². The van der Waals surface area contributed by atoms with Crippen LogP contribution in [0.2, 0.25) is 0 Å². The fourth-order valence-corrected chi connectivity index (χ4v) is 2.70. The molecule has 0 aliphatic carbocycles. The molecule has 0 aromatic carbocycles. The van der Waals surface area contributed by atoms with Crippen molar-refractivity contribution in [2.24, 2.45) is 5.84 Å². The largest absolute Gasteiger partial charge is 0.384 e. The average molecular weight is 268 g/mol. The molecule has 1 aliphatic heterocycles. The fraction of sp³-hybridized carbons (Fsp3) is 0.455. The Morgan fingerprint density at radius 2 is 2.39 bits per heavy atom. The van der Waals surface area contributed by atoms with E-state index in [-0.39, 0.29) is 12.0 Å². The number of carbonyl (C=O) groups is 1. The Morgan fingerprint density at radius 3 is 3.06 bits per heavy atom.